The van der Waals surface area contributed by atoms with Crippen molar-refractivity contribution >= 4 is 33.5 Å². The van der Waals surface area contributed by atoms with E-state index >= 15 is 0 Å². The first-order valence-electron chi connectivity index (χ1n) is 7.87. The number of esters is 1. The van der Waals surface area contributed by atoms with Crippen LogP contribution in [-0.4, -0.2) is 25.1 Å². The summed E-state index contributed by atoms with van der Waals surface area (Å²) in [5, 5.41) is 2.71. The highest BCUT2D eigenvalue weighted by Crippen LogP contribution is 2.16. The van der Waals surface area contributed by atoms with Crippen molar-refractivity contribution in [2.45, 2.75) is 25.9 Å². The molecule has 0 radical (unpaired) electrons. The summed E-state index contributed by atoms with van der Waals surface area (Å²) in [6.45, 7) is 1.55. The van der Waals surface area contributed by atoms with Gasteiger partial charge in [0, 0.05) is 16.6 Å². The van der Waals surface area contributed by atoms with Gasteiger partial charge in [-0.25, -0.2) is 0 Å². The number of anilines is 1. The summed E-state index contributed by atoms with van der Waals surface area (Å²) < 4.78 is 11.1. The fourth-order valence-electron chi connectivity index (χ4n) is 2.16. The van der Waals surface area contributed by atoms with Crippen LogP contribution >= 0.6 is 15.9 Å². The second-order valence-corrected chi connectivity index (χ2v) is 6.40. The second-order valence-electron chi connectivity index (χ2n) is 5.48. The van der Waals surface area contributed by atoms with Crippen LogP contribution in [0, 0.1) is 0 Å². The lowest BCUT2D eigenvalue weighted by Crippen LogP contribution is -2.30. The number of hydrogen-bond donors (Lipinski definition) is 1. The van der Waals surface area contributed by atoms with E-state index in [9.17, 15) is 9.59 Å². The normalized spacial score (nSPS) is 11.5. The monoisotopic (exact) mass is 405 g/mol. The predicted molar refractivity (Wildman–Crippen MR) is 99.6 cm³/mol. The Hall–Kier alpha value is -2.34. The minimum absolute atomic E-state index is 0.209. The third-order valence-electron chi connectivity index (χ3n) is 3.55. The van der Waals surface area contributed by atoms with Crippen molar-refractivity contribution in [1.29, 1.82) is 0 Å². The molecule has 2 rings (SSSR count). The Kier molecular flexibility index (Phi) is 7.01. The summed E-state index contributed by atoms with van der Waals surface area (Å²) in [5.74, 6) is -0.00669. The number of halogens is 1. The fourth-order valence-corrected chi connectivity index (χ4v) is 2.56. The smallest absolute Gasteiger partial charge is 0.306 e. The number of nitrogens with one attached hydrogen (secondary N) is 1. The third-order valence-corrected chi connectivity index (χ3v) is 4.04. The SMILES string of the molecule is COc1ccc(CCC(=O)O[C@H](C)C(=O)Nc2cccc(Br)c2)cc1. The van der Waals surface area contributed by atoms with Crippen LogP contribution in [0.4, 0.5) is 5.69 Å². The minimum atomic E-state index is -0.859. The maximum Gasteiger partial charge on any atom is 0.306 e. The molecule has 0 saturated carbocycles. The largest absolute Gasteiger partial charge is 0.497 e. The Morgan fingerprint density at radius 3 is 2.52 bits per heavy atom. The van der Waals surface area contributed by atoms with Gasteiger partial charge in [0.25, 0.3) is 5.91 Å². The van der Waals surface area contributed by atoms with Gasteiger partial charge in [-0.3, -0.25) is 9.59 Å². The number of hydrogen-bond acceptors (Lipinski definition) is 4. The van der Waals surface area contributed by atoms with E-state index in [1.165, 1.54) is 0 Å². The Bertz CT molecular complexity index is 730. The molecule has 2 aromatic carbocycles. The van der Waals surface area contributed by atoms with E-state index in [0.717, 1.165) is 15.8 Å². The highest BCUT2D eigenvalue weighted by atomic mass is 79.9. The van der Waals surface area contributed by atoms with Gasteiger partial charge in [0.05, 0.1) is 7.11 Å². The number of carbonyl (C=O) groups excluding carboxylic acids is 2. The Morgan fingerprint density at radius 2 is 1.88 bits per heavy atom. The lowest BCUT2D eigenvalue weighted by Gasteiger charge is -2.13. The van der Waals surface area contributed by atoms with Gasteiger partial charge >= 0.3 is 5.97 Å². The number of rotatable bonds is 7. The Balaban J connectivity index is 1.79. The zero-order valence-electron chi connectivity index (χ0n) is 14.1. The molecule has 5 nitrogen and oxygen atoms in total. The second kappa shape index (κ2) is 9.22. The Labute approximate surface area is 155 Å². The van der Waals surface area contributed by atoms with Crippen LogP contribution in [0.25, 0.3) is 0 Å². The van der Waals surface area contributed by atoms with Crippen molar-refractivity contribution in [3.8, 4) is 5.75 Å². The van der Waals surface area contributed by atoms with Crippen LogP contribution in [0.1, 0.15) is 18.9 Å². The highest BCUT2D eigenvalue weighted by molar-refractivity contribution is 9.10. The third kappa shape index (κ3) is 6.23. The number of carbonyl (C=O) groups is 2. The molecule has 1 atom stereocenters. The molecular weight excluding hydrogens is 386 g/mol. The summed E-state index contributed by atoms with van der Waals surface area (Å²) in [6.07, 6.45) is -0.105. The average Bonchev–Trinajstić information content (AvgIpc) is 2.60. The number of methoxy groups -OCH3 is 1. The van der Waals surface area contributed by atoms with Crippen molar-refractivity contribution in [3.05, 3.63) is 58.6 Å². The van der Waals surface area contributed by atoms with Crippen LogP contribution in [0.3, 0.4) is 0 Å². The van der Waals surface area contributed by atoms with Crippen molar-refractivity contribution in [2.24, 2.45) is 0 Å². The molecule has 1 amide bonds. The van der Waals surface area contributed by atoms with E-state index in [1.807, 2.05) is 36.4 Å². The number of aryl methyl sites for hydroxylation is 1. The van der Waals surface area contributed by atoms with Crippen LogP contribution in [0.5, 0.6) is 5.75 Å². The van der Waals surface area contributed by atoms with Crippen molar-refractivity contribution in [3.63, 3.8) is 0 Å². The van der Waals surface area contributed by atoms with E-state index in [4.69, 9.17) is 9.47 Å². The van der Waals surface area contributed by atoms with Crippen LogP contribution < -0.4 is 10.1 Å². The summed E-state index contributed by atoms with van der Waals surface area (Å²) >= 11 is 3.34. The van der Waals surface area contributed by atoms with Crippen LogP contribution in [0.15, 0.2) is 53.0 Å². The fraction of sp³-hybridized carbons (Fsp3) is 0.263. The molecule has 6 heteroatoms. The topological polar surface area (TPSA) is 64.6 Å². The van der Waals surface area contributed by atoms with Crippen molar-refractivity contribution in [1.82, 2.24) is 0 Å². The average molecular weight is 406 g/mol. The zero-order chi connectivity index (χ0) is 18.2. The van der Waals surface area contributed by atoms with Crippen molar-refractivity contribution < 1.29 is 19.1 Å². The molecular formula is C19H20BrNO4. The standard InChI is InChI=1S/C19H20BrNO4/c1-13(19(23)21-16-5-3-4-15(20)12-16)25-18(22)11-8-14-6-9-17(24-2)10-7-14/h3-7,9-10,12-13H,8,11H2,1-2H3,(H,21,23)/t13-/m1/s1. The molecule has 2 aromatic rings. The molecule has 0 saturated heterocycles. The number of benzene rings is 2. The highest BCUT2D eigenvalue weighted by Gasteiger charge is 2.18. The van der Waals surface area contributed by atoms with E-state index in [1.54, 1.807) is 26.2 Å². The molecule has 0 aliphatic heterocycles. The van der Waals surface area contributed by atoms with Crippen LogP contribution in [-0.2, 0) is 20.7 Å². The molecule has 0 heterocycles. The van der Waals surface area contributed by atoms with E-state index < -0.39 is 12.1 Å². The van der Waals surface area contributed by atoms with Gasteiger partial charge in [0.1, 0.15) is 5.75 Å². The first-order valence-corrected chi connectivity index (χ1v) is 8.66. The lowest BCUT2D eigenvalue weighted by atomic mass is 10.1. The molecule has 132 valence electrons. The Morgan fingerprint density at radius 1 is 1.16 bits per heavy atom. The summed E-state index contributed by atoms with van der Waals surface area (Å²) in [5.41, 5.74) is 1.64. The molecule has 0 bridgehead atoms. The molecule has 0 aromatic heterocycles. The maximum atomic E-state index is 12.1. The first-order chi connectivity index (χ1) is 12.0. The van der Waals surface area contributed by atoms with Gasteiger partial charge in [0.2, 0.25) is 0 Å². The van der Waals surface area contributed by atoms with E-state index in [0.29, 0.717) is 12.1 Å². The summed E-state index contributed by atoms with van der Waals surface area (Å²) in [7, 11) is 1.60. The van der Waals surface area contributed by atoms with E-state index in [-0.39, 0.29) is 12.3 Å². The van der Waals surface area contributed by atoms with Crippen molar-refractivity contribution in [2.75, 3.05) is 12.4 Å². The molecule has 0 aliphatic rings. The molecule has 0 fully saturated rings. The van der Waals surface area contributed by atoms with Gasteiger partial charge in [-0.05, 0) is 49.2 Å². The van der Waals surface area contributed by atoms with Gasteiger partial charge in [-0.1, -0.05) is 34.1 Å². The van der Waals surface area contributed by atoms with Crippen LogP contribution in [0.2, 0.25) is 0 Å². The van der Waals surface area contributed by atoms with Gasteiger partial charge in [-0.2, -0.15) is 0 Å². The molecule has 0 unspecified atom stereocenters. The lowest BCUT2D eigenvalue weighted by molar-refractivity contribution is -0.153. The minimum Gasteiger partial charge on any atom is -0.497 e. The summed E-state index contributed by atoms with van der Waals surface area (Å²) in [4.78, 5) is 24.0. The molecule has 25 heavy (non-hydrogen) atoms. The number of ether oxygens (including phenoxy) is 2. The molecule has 0 spiro atoms. The maximum absolute atomic E-state index is 12.1. The van der Waals surface area contributed by atoms with E-state index in [2.05, 4.69) is 21.2 Å². The van der Waals surface area contributed by atoms with Gasteiger partial charge < -0.3 is 14.8 Å². The zero-order valence-corrected chi connectivity index (χ0v) is 15.7. The molecule has 0 aliphatic carbocycles. The number of amides is 1. The van der Waals surface area contributed by atoms with Gasteiger partial charge in [0.15, 0.2) is 6.10 Å². The molecule has 1 N–H and O–H groups in total. The first kappa shape index (κ1) is 19.0. The predicted octanol–water partition coefficient (Wildman–Crippen LogP) is 3.96. The van der Waals surface area contributed by atoms with Gasteiger partial charge in [-0.15, -0.1) is 0 Å². The summed E-state index contributed by atoms with van der Waals surface area (Å²) in [6, 6.07) is 14.7. The quantitative estimate of drug-likeness (QED) is 0.707.